The molecule has 1 rings (SSSR count). The number of carbonyl (C=O) groups excluding carboxylic acids is 1. The molecule has 0 saturated heterocycles. The fourth-order valence-electron chi connectivity index (χ4n) is 2.08. The quantitative estimate of drug-likeness (QED) is 0.705. The van der Waals surface area contributed by atoms with Gasteiger partial charge in [-0.05, 0) is 42.5 Å². The van der Waals surface area contributed by atoms with Gasteiger partial charge >= 0.3 is 0 Å². The molecular formula is C15H24N2O2. The number of nitrogens with one attached hydrogen (secondary N) is 1. The summed E-state index contributed by atoms with van der Waals surface area (Å²) in [5.41, 5.74) is 6.66. The van der Waals surface area contributed by atoms with Gasteiger partial charge in [0.15, 0.2) is 0 Å². The van der Waals surface area contributed by atoms with Crippen molar-refractivity contribution in [3.8, 4) is 5.75 Å². The topological polar surface area (TPSA) is 75.4 Å². The van der Waals surface area contributed by atoms with Crippen molar-refractivity contribution < 1.29 is 9.90 Å². The molecule has 0 aromatic heterocycles. The lowest BCUT2D eigenvalue weighted by Gasteiger charge is -2.16. The highest BCUT2D eigenvalue weighted by Gasteiger charge is 2.13. The number of benzene rings is 1. The number of phenolic OH excluding ortho intramolecular Hbond substituents is 1. The first kappa shape index (κ1) is 15.5. The highest BCUT2D eigenvalue weighted by Crippen LogP contribution is 2.14. The summed E-state index contributed by atoms with van der Waals surface area (Å²) in [6.07, 6.45) is 1.45. The molecule has 0 heterocycles. The van der Waals surface area contributed by atoms with Gasteiger partial charge in [0.05, 0.1) is 0 Å². The van der Waals surface area contributed by atoms with Crippen LogP contribution in [0.15, 0.2) is 24.3 Å². The summed E-state index contributed by atoms with van der Waals surface area (Å²) in [5, 5.41) is 12.0. The fourth-order valence-corrected chi connectivity index (χ4v) is 2.08. The third-order valence-electron chi connectivity index (χ3n) is 3.04. The number of hydrogen-bond acceptors (Lipinski definition) is 3. The third-order valence-corrected chi connectivity index (χ3v) is 3.04. The average Bonchev–Trinajstić information content (AvgIpc) is 2.36. The van der Waals surface area contributed by atoms with Crippen LogP contribution in [0.4, 0.5) is 0 Å². The lowest BCUT2D eigenvalue weighted by atomic mass is 9.94. The molecule has 106 valence electrons. The molecule has 0 saturated carbocycles. The van der Waals surface area contributed by atoms with Crippen molar-refractivity contribution in [2.75, 3.05) is 6.54 Å². The zero-order valence-corrected chi connectivity index (χ0v) is 11.7. The van der Waals surface area contributed by atoms with Crippen LogP contribution >= 0.6 is 0 Å². The van der Waals surface area contributed by atoms with Crippen LogP contribution in [0.3, 0.4) is 0 Å². The Morgan fingerprint density at radius 1 is 1.32 bits per heavy atom. The lowest BCUT2D eigenvalue weighted by Crippen LogP contribution is -2.28. The van der Waals surface area contributed by atoms with E-state index in [9.17, 15) is 4.79 Å². The summed E-state index contributed by atoms with van der Waals surface area (Å²) in [7, 11) is 0. The number of rotatable bonds is 7. The SMILES string of the molecule is CC(C)C[C@H](CN)CC(=O)NCc1ccc(O)cc1. The van der Waals surface area contributed by atoms with E-state index in [-0.39, 0.29) is 17.6 Å². The summed E-state index contributed by atoms with van der Waals surface area (Å²) in [6, 6.07) is 6.82. The Kier molecular flexibility index (Phi) is 6.36. The maximum Gasteiger partial charge on any atom is 0.220 e. The summed E-state index contributed by atoms with van der Waals surface area (Å²) >= 11 is 0. The number of aromatic hydroxyl groups is 1. The van der Waals surface area contributed by atoms with Crippen LogP contribution in [0.5, 0.6) is 5.75 Å². The van der Waals surface area contributed by atoms with E-state index in [0.717, 1.165) is 12.0 Å². The van der Waals surface area contributed by atoms with E-state index in [2.05, 4.69) is 19.2 Å². The van der Waals surface area contributed by atoms with Gasteiger partial charge in [0.1, 0.15) is 5.75 Å². The van der Waals surface area contributed by atoms with E-state index >= 15 is 0 Å². The molecule has 0 spiro atoms. The number of amides is 1. The van der Waals surface area contributed by atoms with Gasteiger partial charge in [0.2, 0.25) is 5.91 Å². The van der Waals surface area contributed by atoms with E-state index in [0.29, 0.717) is 25.4 Å². The van der Waals surface area contributed by atoms with Crippen LogP contribution in [-0.2, 0) is 11.3 Å². The van der Waals surface area contributed by atoms with E-state index in [1.807, 2.05) is 0 Å². The minimum absolute atomic E-state index is 0.0316. The van der Waals surface area contributed by atoms with Gasteiger partial charge in [-0.1, -0.05) is 26.0 Å². The fraction of sp³-hybridized carbons (Fsp3) is 0.533. The van der Waals surface area contributed by atoms with Gasteiger partial charge in [-0.3, -0.25) is 4.79 Å². The van der Waals surface area contributed by atoms with E-state index in [4.69, 9.17) is 10.8 Å². The van der Waals surface area contributed by atoms with Gasteiger partial charge in [0.25, 0.3) is 0 Å². The lowest BCUT2D eigenvalue weighted by molar-refractivity contribution is -0.122. The van der Waals surface area contributed by atoms with Crippen molar-refractivity contribution in [3.63, 3.8) is 0 Å². The minimum Gasteiger partial charge on any atom is -0.508 e. The second-order valence-electron chi connectivity index (χ2n) is 5.38. The number of hydrogen-bond donors (Lipinski definition) is 3. The molecule has 0 aliphatic rings. The Bertz CT molecular complexity index is 388. The summed E-state index contributed by atoms with van der Waals surface area (Å²) in [5.74, 6) is 1.07. The van der Waals surface area contributed by atoms with Crippen LogP contribution in [-0.4, -0.2) is 17.6 Å². The second-order valence-corrected chi connectivity index (χ2v) is 5.38. The van der Waals surface area contributed by atoms with Crippen molar-refractivity contribution in [1.82, 2.24) is 5.32 Å². The zero-order chi connectivity index (χ0) is 14.3. The molecule has 4 N–H and O–H groups in total. The molecule has 1 atom stereocenters. The maximum absolute atomic E-state index is 11.8. The van der Waals surface area contributed by atoms with Crippen molar-refractivity contribution in [1.29, 1.82) is 0 Å². The normalized spacial score (nSPS) is 12.4. The first-order valence-corrected chi connectivity index (χ1v) is 6.76. The smallest absolute Gasteiger partial charge is 0.220 e. The second kappa shape index (κ2) is 7.79. The predicted octanol–water partition coefficient (Wildman–Crippen LogP) is 2.02. The Labute approximate surface area is 115 Å². The van der Waals surface area contributed by atoms with Gasteiger partial charge in [-0.15, -0.1) is 0 Å². The Morgan fingerprint density at radius 2 is 1.95 bits per heavy atom. The molecule has 0 bridgehead atoms. The molecule has 0 aliphatic heterocycles. The molecule has 0 unspecified atom stereocenters. The Hall–Kier alpha value is -1.55. The summed E-state index contributed by atoms with van der Waals surface area (Å²) in [6.45, 7) is 5.30. The largest absolute Gasteiger partial charge is 0.508 e. The first-order chi connectivity index (χ1) is 9.01. The molecule has 4 nitrogen and oxygen atoms in total. The predicted molar refractivity (Wildman–Crippen MR) is 76.6 cm³/mol. The number of carbonyl (C=O) groups is 1. The van der Waals surface area contributed by atoms with Crippen LogP contribution in [0.1, 0.15) is 32.3 Å². The van der Waals surface area contributed by atoms with Crippen LogP contribution in [0.25, 0.3) is 0 Å². The molecular weight excluding hydrogens is 240 g/mol. The first-order valence-electron chi connectivity index (χ1n) is 6.76. The third kappa shape index (κ3) is 6.25. The van der Waals surface area contributed by atoms with Gasteiger partial charge in [0, 0.05) is 13.0 Å². The highest BCUT2D eigenvalue weighted by atomic mass is 16.3. The monoisotopic (exact) mass is 264 g/mol. The van der Waals surface area contributed by atoms with Crippen molar-refractivity contribution in [2.24, 2.45) is 17.6 Å². The van der Waals surface area contributed by atoms with Gasteiger partial charge < -0.3 is 16.2 Å². The van der Waals surface area contributed by atoms with E-state index in [1.54, 1.807) is 24.3 Å². The Balaban J connectivity index is 2.36. The highest BCUT2D eigenvalue weighted by molar-refractivity contribution is 5.76. The zero-order valence-electron chi connectivity index (χ0n) is 11.7. The summed E-state index contributed by atoms with van der Waals surface area (Å²) < 4.78 is 0. The minimum atomic E-state index is 0.0316. The number of nitrogens with two attached hydrogens (primary N) is 1. The molecule has 0 fully saturated rings. The van der Waals surface area contributed by atoms with E-state index < -0.39 is 0 Å². The van der Waals surface area contributed by atoms with Crippen LogP contribution in [0, 0.1) is 11.8 Å². The van der Waals surface area contributed by atoms with Crippen molar-refractivity contribution in [2.45, 2.75) is 33.2 Å². The molecule has 0 radical (unpaired) electrons. The molecule has 4 heteroatoms. The summed E-state index contributed by atoms with van der Waals surface area (Å²) in [4.78, 5) is 11.8. The number of phenols is 1. The molecule has 19 heavy (non-hydrogen) atoms. The van der Waals surface area contributed by atoms with Crippen molar-refractivity contribution in [3.05, 3.63) is 29.8 Å². The Morgan fingerprint density at radius 3 is 2.47 bits per heavy atom. The van der Waals surface area contributed by atoms with Gasteiger partial charge in [-0.25, -0.2) is 0 Å². The molecule has 1 aromatic carbocycles. The van der Waals surface area contributed by atoms with Crippen molar-refractivity contribution >= 4 is 5.91 Å². The van der Waals surface area contributed by atoms with Crippen LogP contribution in [0.2, 0.25) is 0 Å². The molecule has 1 aromatic rings. The van der Waals surface area contributed by atoms with Crippen LogP contribution < -0.4 is 11.1 Å². The maximum atomic E-state index is 11.8. The average molecular weight is 264 g/mol. The molecule has 1 amide bonds. The molecule has 0 aliphatic carbocycles. The standard InChI is InChI=1S/C15H24N2O2/c1-11(2)7-13(9-16)8-15(19)17-10-12-3-5-14(18)6-4-12/h3-6,11,13,18H,7-10,16H2,1-2H3,(H,17,19)/t13-/m0/s1. The van der Waals surface area contributed by atoms with E-state index in [1.165, 1.54) is 0 Å². The van der Waals surface area contributed by atoms with Gasteiger partial charge in [-0.2, -0.15) is 0 Å².